The monoisotopic (exact) mass is 356 g/mol. The third kappa shape index (κ3) is 3.04. The third-order valence-corrected chi connectivity index (χ3v) is 5.02. The molecule has 1 saturated heterocycles. The van der Waals surface area contributed by atoms with Gasteiger partial charge in [0.15, 0.2) is 5.78 Å². The minimum absolute atomic E-state index is 0.0125. The number of aromatic hydroxyl groups is 3. The Morgan fingerprint density at radius 1 is 0.846 bits per heavy atom. The molecule has 7 heteroatoms. The number of benzene rings is 2. The molecular formula is C19H21BO6. The maximum Gasteiger partial charge on any atom is 0.494 e. The molecule has 3 rings (SSSR count). The quantitative estimate of drug-likeness (QED) is 0.577. The number of carbonyl (C=O) groups is 1. The van der Waals surface area contributed by atoms with Gasteiger partial charge in [-0.3, -0.25) is 4.79 Å². The molecule has 0 amide bonds. The predicted octanol–water partition coefficient (Wildman–Crippen LogP) is 2.33. The second-order valence-corrected chi connectivity index (χ2v) is 7.40. The van der Waals surface area contributed by atoms with Crippen molar-refractivity contribution in [2.45, 2.75) is 38.9 Å². The van der Waals surface area contributed by atoms with E-state index in [1.165, 1.54) is 24.3 Å². The van der Waals surface area contributed by atoms with Crippen LogP contribution in [-0.4, -0.2) is 39.4 Å². The van der Waals surface area contributed by atoms with Crippen LogP contribution in [0.5, 0.6) is 17.2 Å². The van der Waals surface area contributed by atoms with E-state index in [-0.39, 0.29) is 28.4 Å². The highest BCUT2D eigenvalue weighted by Crippen LogP contribution is 2.37. The lowest BCUT2D eigenvalue weighted by atomic mass is 9.78. The molecule has 0 spiro atoms. The number of phenolic OH excluding ortho intramolecular Hbond substituents is 3. The van der Waals surface area contributed by atoms with Crippen molar-refractivity contribution in [2.75, 3.05) is 0 Å². The fraction of sp³-hybridized carbons (Fsp3) is 0.316. The summed E-state index contributed by atoms with van der Waals surface area (Å²) in [6.45, 7) is 7.72. The smallest absolute Gasteiger partial charge is 0.494 e. The Labute approximate surface area is 152 Å². The van der Waals surface area contributed by atoms with E-state index in [4.69, 9.17) is 9.31 Å². The van der Waals surface area contributed by atoms with Gasteiger partial charge >= 0.3 is 7.12 Å². The molecule has 0 aromatic heterocycles. The van der Waals surface area contributed by atoms with Crippen molar-refractivity contribution in [3.05, 3.63) is 47.5 Å². The topological polar surface area (TPSA) is 96.2 Å². The molecule has 2 aromatic carbocycles. The molecule has 1 aliphatic heterocycles. The minimum atomic E-state index is -0.655. The molecule has 1 fully saturated rings. The van der Waals surface area contributed by atoms with Crippen LogP contribution in [0.4, 0.5) is 0 Å². The summed E-state index contributed by atoms with van der Waals surface area (Å²) in [7, 11) is -0.655. The first-order valence-electron chi connectivity index (χ1n) is 8.27. The molecule has 136 valence electrons. The van der Waals surface area contributed by atoms with E-state index >= 15 is 0 Å². The van der Waals surface area contributed by atoms with Gasteiger partial charge in [0.25, 0.3) is 0 Å². The summed E-state index contributed by atoms with van der Waals surface area (Å²) in [4.78, 5) is 12.6. The summed E-state index contributed by atoms with van der Waals surface area (Å²) in [6.07, 6.45) is 0. The Morgan fingerprint density at radius 3 is 1.85 bits per heavy atom. The fourth-order valence-electron chi connectivity index (χ4n) is 2.72. The van der Waals surface area contributed by atoms with Crippen LogP contribution < -0.4 is 5.46 Å². The van der Waals surface area contributed by atoms with Crippen LogP contribution >= 0.6 is 0 Å². The van der Waals surface area contributed by atoms with Gasteiger partial charge in [0.1, 0.15) is 17.2 Å². The Kier molecular flexibility index (Phi) is 4.25. The average Bonchev–Trinajstić information content (AvgIpc) is 2.75. The lowest BCUT2D eigenvalue weighted by Gasteiger charge is -2.32. The lowest BCUT2D eigenvalue weighted by Crippen LogP contribution is -2.41. The first-order chi connectivity index (χ1) is 12.0. The predicted molar refractivity (Wildman–Crippen MR) is 97.0 cm³/mol. The second-order valence-electron chi connectivity index (χ2n) is 7.40. The summed E-state index contributed by atoms with van der Waals surface area (Å²) in [6, 6.07) is 8.20. The van der Waals surface area contributed by atoms with Crippen molar-refractivity contribution < 1.29 is 29.4 Å². The van der Waals surface area contributed by atoms with Crippen LogP contribution in [0.25, 0.3) is 0 Å². The molecule has 0 atom stereocenters. The Balaban J connectivity index is 1.90. The van der Waals surface area contributed by atoms with E-state index in [0.717, 1.165) is 6.07 Å². The molecule has 0 unspecified atom stereocenters. The molecule has 3 N–H and O–H groups in total. The van der Waals surface area contributed by atoms with E-state index in [0.29, 0.717) is 5.46 Å². The normalized spacial score (nSPS) is 18.1. The van der Waals surface area contributed by atoms with Gasteiger partial charge in [-0.15, -0.1) is 0 Å². The fourth-order valence-corrected chi connectivity index (χ4v) is 2.72. The minimum Gasteiger partial charge on any atom is -0.508 e. The van der Waals surface area contributed by atoms with Crippen LogP contribution in [0.1, 0.15) is 43.6 Å². The van der Waals surface area contributed by atoms with E-state index in [2.05, 4.69) is 0 Å². The van der Waals surface area contributed by atoms with Crippen molar-refractivity contribution in [2.24, 2.45) is 0 Å². The highest BCUT2D eigenvalue weighted by molar-refractivity contribution is 6.62. The summed E-state index contributed by atoms with van der Waals surface area (Å²) >= 11 is 0. The molecule has 1 heterocycles. The van der Waals surface area contributed by atoms with Crippen LogP contribution in [0.15, 0.2) is 36.4 Å². The number of phenols is 3. The lowest BCUT2D eigenvalue weighted by molar-refractivity contribution is 0.00578. The summed E-state index contributed by atoms with van der Waals surface area (Å²) in [5.74, 6) is -1.31. The first-order valence-corrected chi connectivity index (χ1v) is 8.27. The first kappa shape index (κ1) is 18.3. The number of ketones is 1. The molecule has 1 aliphatic rings. The Bertz CT molecular complexity index is 858. The van der Waals surface area contributed by atoms with Crippen LogP contribution in [0.3, 0.4) is 0 Å². The molecule has 0 radical (unpaired) electrons. The zero-order valence-electron chi connectivity index (χ0n) is 15.1. The van der Waals surface area contributed by atoms with Crippen LogP contribution in [-0.2, 0) is 9.31 Å². The maximum absolute atomic E-state index is 12.6. The summed E-state index contributed by atoms with van der Waals surface area (Å²) in [5, 5.41) is 29.5. The maximum atomic E-state index is 12.6. The molecule has 0 aliphatic carbocycles. The Hall–Kier alpha value is -2.51. The zero-order valence-corrected chi connectivity index (χ0v) is 15.1. The van der Waals surface area contributed by atoms with Gasteiger partial charge in [-0.05, 0) is 57.4 Å². The summed E-state index contributed by atoms with van der Waals surface area (Å²) in [5.41, 5.74) is -0.417. The van der Waals surface area contributed by atoms with Crippen LogP contribution in [0, 0.1) is 0 Å². The molecule has 26 heavy (non-hydrogen) atoms. The van der Waals surface area contributed by atoms with E-state index in [1.807, 2.05) is 27.7 Å². The van der Waals surface area contributed by atoms with Gasteiger partial charge in [0.2, 0.25) is 0 Å². The van der Waals surface area contributed by atoms with Crippen molar-refractivity contribution in [3.63, 3.8) is 0 Å². The largest absolute Gasteiger partial charge is 0.508 e. The zero-order chi connectivity index (χ0) is 19.3. The second kappa shape index (κ2) is 6.04. The molecule has 0 bridgehead atoms. The van der Waals surface area contributed by atoms with Crippen molar-refractivity contribution in [3.8, 4) is 17.2 Å². The van der Waals surface area contributed by atoms with Gasteiger partial charge in [-0.2, -0.15) is 0 Å². The molecule has 2 aromatic rings. The van der Waals surface area contributed by atoms with Crippen molar-refractivity contribution in [1.29, 1.82) is 0 Å². The number of carbonyl (C=O) groups excluding carboxylic acids is 1. The van der Waals surface area contributed by atoms with Gasteiger partial charge in [-0.25, -0.2) is 0 Å². The highest BCUT2D eigenvalue weighted by Gasteiger charge is 2.51. The average molecular weight is 356 g/mol. The van der Waals surface area contributed by atoms with E-state index in [1.54, 1.807) is 6.07 Å². The number of hydrogen-bond acceptors (Lipinski definition) is 6. The van der Waals surface area contributed by atoms with Gasteiger partial charge in [-0.1, -0.05) is 6.07 Å². The Morgan fingerprint density at radius 2 is 1.35 bits per heavy atom. The summed E-state index contributed by atoms with van der Waals surface area (Å²) < 4.78 is 11.9. The van der Waals surface area contributed by atoms with E-state index < -0.39 is 24.1 Å². The van der Waals surface area contributed by atoms with Crippen LogP contribution in [0.2, 0.25) is 0 Å². The molecule has 6 nitrogen and oxygen atoms in total. The van der Waals surface area contributed by atoms with Crippen molar-refractivity contribution >= 4 is 18.4 Å². The van der Waals surface area contributed by atoms with Gasteiger partial charge in [0, 0.05) is 6.07 Å². The molecule has 0 saturated carbocycles. The SMILES string of the molecule is CC1(C)OB(c2ccc(C(=O)c3ccc(O)cc3O)c(O)c2)OC1(C)C. The van der Waals surface area contributed by atoms with Crippen molar-refractivity contribution in [1.82, 2.24) is 0 Å². The molecular weight excluding hydrogens is 335 g/mol. The number of hydrogen-bond donors (Lipinski definition) is 3. The van der Waals surface area contributed by atoms with E-state index in [9.17, 15) is 20.1 Å². The van der Waals surface area contributed by atoms with Gasteiger partial charge < -0.3 is 24.6 Å². The highest BCUT2D eigenvalue weighted by atomic mass is 16.7. The number of rotatable bonds is 3. The third-order valence-electron chi connectivity index (χ3n) is 5.02. The van der Waals surface area contributed by atoms with Gasteiger partial charge in [0.05, 0.1) is 22.3 Å². The standard InChI is InChI=1S/C19H21BO6/c1-18(2)19(3,4)26-20(25-18)11-5-7-13(15(22)9-11)17(24)14-8-6-12(21)10-16(14)23/h5-10,21-23H,1-4H3.